The Morgan fingerprint density at radius 1 is 1.87 bits per heavy atom. The summed E-state index contributed by atoms with van der Waals surface area (Å²) in [5.41, 5.74) is 1.98. The van der Waals surface area contributed by atoms with Crippen LogP contribution in [0.3, 0.4) is 0 Å². The number of nitrogens with one attached hydrogen (secondary N) is 1. The van der Waals surface area contributed by atoms with Crippen LogP contribution in [-0.2, 0) is 4.79 Å². The Kier molecular flexibility index (Phi) is 3.34. The fraction of sp³-hybridized carbons (Fsp3) is 0.429. The highest BCUT2D eigenvalue weighted by molar-refractivity contribution is 5.75. The van der Waals surface area contributed by atoms with Gasteiger partial charge in [0.05, 0.1) is 29.8 Å². The summed E-state index contributed by atoms with van der Waals surface area (Å²) in [4.78, 5) is 20.7. The van der Waals surface area contributed by atoms with E-state index in [9.17, 15) is 14.9 Å². The Balaban J connectivity index is 2.69. The normalized spacial score (nSPS) is 12.1. The molecular weight excluding hydrogens is 202 g/mol. The second-order valence-corrected chi connectivity index (χ2v) is 3.03. The van der Waals surface area contributed by atoms with Crippen molar-refractivity contribution in [3.8, 4) is 0 Å². The minimum Gasteiger partial charge on any atom is -0.358 e. The number of aromatic nitrogens is 2. The van der Waals surface area contributed by atoms with Crippen molar-refractivity contribution in [3.63, 3.8) is 0 Å². The zero-order chi connectivity index (χ0) is 11.4. The molecule has 1 aromatic heterocycles. The number of hydrogen-bond donors (Lipinski definition) is 2. The van der Waals surface area contributed by atoms with Gasteiger partial charge in [-0.3, -0.25) is 10.2 Å². The van der Waals surface area contributed by atoms with Crippen LogP contribution in [0.15, 0.2) is 12.3 Å². The third kappa shape index (κ3) is 2.74. The van der Waals surface area contributed by atoms with E-state index in [0.29, 0.717) is 0 Å². The van der Waals surface area contributed by atoms with Crippen LogP contribution in [0.25, 0.3) is 0 Å². The van der Waals surface area contributed by atoms with E-state index >= 15 is 0 Å². The van der Waals surface area contributed by atoms with Gasteiger partial charge in [0.25, 0.3) is 0 Å². The molecule has 0 spiro atoms. The lowest BCUT2D eigenvalue weighted by atomic mass is 10.2. The summed E-state index contributed by atoms with van der Waals surface area (Å²) in [5, 5.41) is 14.0. The van der Waals surface area contributed by atoms with Gasteiger partial charge in [-0.15, -0.1) is 0 Å². The molecule has 0 radical (unpaired) electrons. The molecule has 0 aliphatic carbocycles. The van der Waals surface area contributed by atoms with Gasteiger partial charge in [-0.25, -0.2) is 5.84 Å². The van der Waals surface area contributed by atoms with Crippen molar-refractivity contribution in [3.05, 3.63) is 22.4 Å². The number of carbonyl (C=O) groups excluding carboxylic acids is 1. The predicted octanol–water partition coefficient (Wildman–Crippen LogP) is -0.268. The van der Waals surface area contributed by atoms with Gasteiger partial charge in [0.1, 0.15) is 0 Å². The molecule has 0 fully saturated rings. The molecule has 15 heavy (non-hydrogen) atoms. The molecule has 0 aliphatic rings. The molecule has 1 aromatic rings. The number of nitrogens with two attached hydrogens (primary N) is 1. The van der Waals surface area contributed by atoms with Crippen molar-refractivity contribution in [2.45, 2.75) is 19.4 Å². The molecule has 8 nitrogen and oxygen atoms in total. The Morgan fingerprint density at radius 2 is 2.53 bits per heavy atom. The summed E-state index contributed by atoms with van der Waals surface area (Å²) < 4.78 is 1.35. The van der Waals surface area contributed by atoms with E-state index in [2.05, 4.69) is 5.10 Å². The number of rotatable bonds is 4. The molecule has 82 valence electrons. The molecule has 0 saturated carbocycles. The van der Waals surface area contributed by atoms with Crippen molar-refractivity contribution >= 4 is 11.7 Å². The molecule has 3 N–H and O–H groups in total. The van der Waals surface area contributed by atoms with Crippen LogP contribution in [0.5, 0.6) is 0 Å². The zero-order valence-electron chi connectivity index (χ0n) is 8.08. The smallest absolute Gasteiger partial charge is 0.358 e. The van der Waals surface area contributed by atoms with E-state index in [1.165, 1.54) is 16.9 Å². The molecule has 1 heterocycles. The van der Waals surface area contributed by atoms with Crippen LogP contribution in [0.1, 0.15) is 19.4 Å². The SMILES string of the molecule is CC(CC(=O)NN)n1ccc([N+](=O)[O-])n1. The van der Waals surface area contributed by atoms with Gasteiger partial charge in [-0.05, 0) is 11.8 Å². The summed E-state index contributed by atoms with van der Waals surface area (Å²) in [5.74, 6) is 4.33. The molecule has 1 amide bonds. The van der Waals surface area contributed by atoms with Gasteiger partial charge < -0.3 is 10.1 Å². The summed E-state index contributed by atoms with van der Waals surface area (Å²) in [7, 11) is 0. The van der Waals surface area contributed by atoms with Gasteiger partial charge in [0.2, 0.25) is 5.91 Å². The fourth-order valence-electron chi connectivity index (χ4n) is 1.09. The third-order valence-corrected chi connectivity index (χ3v) is 1.87. The lowest BCUT2D eigenvalue weighted by molar-refractivity contribution is -0.389. The van der Waals surface area contributed by atoms with Crippen LogP contribution < -0.4 is 11.3 Å². The lowest BCUT2D eigenvalue weighted by Crippen LogP contribution is -2.31. The van der Waals surface area contributed by atoms with Crippen molar-refractivity contribution < 1.29 is 9.72 Å². The third-order valence-electron chi connectivity index (χ3n) is 1.87. The molecule has 1 atom stereocenters. The monoisotopic (exact) mass is 213 g/mol. The highest BCUT2D eigenvalue weighted by Gasteiger charge is 2.17. The second kappa shape index (κ2) is 4.51. The maximum atomic E-state index is 10.9. The quantitative estimate of drug-likeness (QED) is 0.309. The highest BCUT2D eigenvalue weighted by atomic mass is 16.6. The first kappa shape index (κ1) is 11.1. The average molecular weight is 213 g/mol. The molecule has 8 heteroatoms. The van der Waals surface area contributed by atoms with E-state index in [4.69, 9.17) is 5.84 Å². The van der Waals surface area contributed by atoms with Crippen molar-refractivity contribution in [1.29, 1.82) is 0 Å². The van der Waals surface area contributed by atoms with Crippen molar-refractivity contribution in [1.82, 2.24) is 15.2 Å². The van der Waals surface area contributed by atoms with Gasteiger partial charge in [0, 0.05) is 0 Å². The first-order valence-electron chi connectivity index (χ1n) is 4.23. The van der Waals surface area contributed by atoms with Crippen LogP contribution in [0.4, 0.5) is 5.82 Å². The first-order chi connectivity index (χ1) is 7.04. The topological polar surface area (TPSA) is 116 Å². The van der Waals surface area contributed by atoms with E-state index in [1.54, 1.807) is 6.92 Å². The number of hydrazine groups is 1. The van der Waals surface area contributed by atoms with E-state index in [1.807, 2.05) is 5.43 Å². The maximum Gasteiger partial charge on any atom is 0.389 e. The lowest BCUT2D eigenvalue weighted by Gasteiger charge is -2.06. The van der Waals surface area contributed by atoms with Crippen LogP contribution >= 0.6 is 0 Å². The van der Waals surface area contributed by atoms with Gasteiger partial charge >= 0.3 is 5.82 Å². The molecule has 1 rings (SSSR count). The Labute approximate surface area is 85.2 Å². The van der Waals surface area contributed by atoms with Crippen LogP contribution in [-0.4, -0.2) is 20.6 Å². The van der Waals surface area contributed by atoms with Gasteiger partial charge in [-0.2, -0.15) is 4.68 Å². The largest absolute Gasteiger partial charge is 0.389 e. The van der Waals surface area contributed by atoms with Crippen LogP contribution in [0, 0.1) is 10.1 Å². The number of amides is 1. The minimum absolute atomic E-state index is 0.120. The number of hydrogen-bond acceptors (Lipinski definition) is 5. The molecule has 0 aliphatic heterocycles. The maximum absolute atomic E-state index is 10.9. The molecule has 0 bridgehead atoms. The van der Waals surface area contributed by atoms with Crippen LogP contribution in [0.2, 0.25) is 0 Å². The highest BCUT2D eigenvalue weighted by Crippen LogP contribution is 2.13. The summed E-state index contributed by atoms with van der Waals surface area (Å²) in [6, 6.07) is 0.999. The minimum atomic E-state index is -0.591. The Morgan fingerprint density at radius 3 is 3.00 bits per heavy atom. The van der Waals surface area contributed by atoms with Gasteiger partial charge in [0.15, 0.2) is 0 Å². The average Bonchev–Trinajstić information content (AvgIpc) is 2.66. The molecule has 0 aromatic carbocycles. The van der Waals surface area contributed by atoms with Crippen molar-refractivity contribution in [2.24, 2.45) is 5.84 Å². The summed E-state index contributed by atoms with van der Waals surface area (Å²) in [6.45, 7) is 1.71. The number of nitrogens with zero attached hydrogens (tertiary/aromatic N) is 3. The Hall–Kier alpha value is -1.96. The zero-order valence-corrected chi connectivity index (χ0v) is 8.08. The first-order valence-corrected chi connectivity index (χ1v) is 4.23. The van der Waals surface area contributed by atoms with E-state index < -0.39 is 4.92 Å². The summed E-state index contributed by atoms with van der Waals surface area (Å²) >= 11 is 0. The molecular formula is C7H11N5O3. The number of nitro groups is 1. The van der Waals surface area contributed by atoms with Crippen molar-refractivity contribution in [2.75, 3.05) is 0 Å². The fourth-order valence-corrected chi connectivity index (χ4v) is 1.09. The molecule has 1 unspecified atom stereocenters. The second-order valence-electron chi connectivity index (χ2n) is 3.03. The van der Waals surface area contributed by atoms with E-state index in [-0.39, 0.29) is 24.2 Å². The predicted molar refractivity (Wildman–Crippen MR) is 50.5 cm³/mol. The van der Waals surface area contributed by atoms with E-state index in [0.717, 1.165) is 0 Å². The Bertz CT molecular complexity index is 374. The number of carbonyl (C=O) groups is 1. The van der Waals surface area contributed by atoms with Gasteiger partial charge in [-0.1, -0.05) is 0 Å². The standard InChI is InChI=1S/C7H11N5O3/c1-5(4-7(13)9-8)11-3-2-6(10-11)12(14)15/h2-3,5H,4,8H2,1H3,(H,9,13). The summed E-state index contributed by atoms with van der Waals surface area (Å²) in [6.07, 6.45) is 1.57. The molecule has 0 saturated heterocycles.